The number of carbonyl (C=O) groups is 1. The maximum absolute atomic E-state index is 12.3. The van der Waals surface area contributed by atoms with Crippen LogP contribution in [0.4, 0.5) is 5.95 Å². The van der Waals surface area contributed by atoms with Crippen LogP contribution < -0.4 is 10.1 Å². The van der Waals surface area contributed by atoms with E-state index in [0.29, 0.717) is 17.3 Å². The summed E-state index contributed by atoms with van der Waals surface area (Å²) in [5.41, 5.74) is 2.35. The second kappa shape index (κ2) is 6.09. The molecule has 1 heterocycles. The van der Waals surface area contributed by atoms with Crippen LogP contribution in [-0.4, -0.2) is 28.2 Å². The van der Waals surface area contributed by atoms with Crippen molar-refractivity contribution in [3.8, 4) is 16.9 Å². The molecule has 0 aliphatic rings. The third-order valence-electron chi connectivity index (χ3n) is 3.19. The lowest BCUT2D eigenvalue weighted by Gasteiger charge is -2.10. The van der Waals surface area contributed by atoms with Gasteiger partial charge < -0.3 is 4.74 Å². The first kappa shape index (κ1) is 13.8. The van der Waals surface area contributed by atoms with Crippen molar-refractivity contribution in [3.05, 3.63) is 60.4 Å². The van der Waals surface area contributed by atoms with Crippen LogP contribution in [0.15, 0.2) is 54.9 Å². The SMILES string of the molecule is COc1ccc(C(=O)Nc2ncn[nH]2)cc1-c1ccccc1. The van der Waals surface area contributed by atoms with E-state index in [2.05, 4.69) is 20.5 Å². The minimum absolute atomic E-state index is 0.267. The molecule has 0 radical (unpaired) electrons. The zero-order valence-electron chi connectivity index (χ0n) is 11.9. The van der Waals surface area contributed by atoms with Gasteiger partial charge in [-0.15, -0.1) is 0 Å². The molecule has 0 saturated heterocycles. The predicted octanol–water partition coefficient (Wildman–Crippen LogP) is 2.73. The fourth-order valence-corrected chi connectivity index (χ4v) is 2.14. The minimum atomic E-state index is -0.267. The van der Waals surface area contributed by atoms with E-state index < -0.39 is 0 Å². The molecule has 0 fully saturated rings. The molecule has 2 aromatic carbocycles. The van der Waals surface area contributed by atoms with Gasteiger partial charge in [0, 0.05) is 11.1 Å². The normalized spacial score (nSPS) is 10.2. The molecule has 2 N–H and O–H groups in total. The minimum Gasteiger partial charge on any atom is -0.496 e. The van der Waals surface area contributed by atoms with E-state index in [1.165, 1.54) is 6.33 Å². The van der Waals surface area contributed by atoms with Gasteiger partial charge in [0.15, 0.2) is 0 Å². The fraction of sp³-hybridized carbons (Fsp3) is 0.0625. The number of methoxy groups -OCH3 is 1. The second-order valence-electron chi connectivity index (χ2n) is 4.57. The van der Waals surface area contributed by atoms with Gasteiger partial charge >= 0.3 is 0 Å². The van der Waals surface area contributed by atoms with E-state index in [1.807, 2.05) is 30.3 Å². The first-order valence-electron chi connectivity index (χ1n) is 6.68. The second-order valence-corrected chi connectivity index (χ2v) is 4.57. The molecule has 0 aliphatic carbocycles. The Morgan fingerprint density at radius 3 is 2.68 bits per heavy atom. The monoisotopic (exact) mass is 294 g/mol. The topological polar surface area (TPSA) is 79.9 Å². The first-order valence-corrected chi connectivity index (χ1v) is 6.68. The summed E-state index contributed by atoms with van der Waals surface area (Å²) < 4.78 is 5.38. The van der Waals surface area contributed by atoms with Gasteiger partial charge in [-0.25, -0.2) is 5.10 Å². The zero-order valence-corrected chi connectivity index (χ0v) is 11.9. The Kier molecular flexibility index (Phi) is 3.82. The number of benzene rings is 2. The van der Waals surface area contributed by atoms with Crippen molar-refractivity contribution in [2.45, 2.75) is 0 Å². The van der Waals surface area contributed by atoms with Gasteiger partial charge in [0.25, 0.3) is 5.91 Å². The molecule has 0 bridgehead atoms. The third kappa shape index (κ3) is 2.80. The van der Waals surface area contributed by atoms with E-state index in [0.717, 1.165) is 11.1 Å². The number of nitrogens with zero attached hydrogens (tertiary/aromatic N) is 2. The maximum Gasteiger partial charge on any atom is 0.258 e. The van der Waals surface area contributed by atoms with E-state index in [-0.39, 0.29) is 5.91 Å². The molecule has 6 heteroatoms. The number of hydrogen-bond acceptors (Lipinski definition) is 4. The number of hydrogen-bond donors (Lipinski definition) is 2. The lowest BCUT2D eigenvalue weighted by atomic mass is 10.0. The van der Waals surface area contributed by atoms with Crippen molar-refractivity contribution in [1.82, 2.24) is 15.2 Å². The highest BCUT2D eigenvalue weighted by Gasteiger charge is 2.12. The lowest BCUT2D eigenvalue weighted by Crippen LogP contribution is -2.13. The van der Waals surface area contributed by atoms with Crippen LogP contribution >= 0.6 is 0 Å². The smallest absolute Gasteiger partial charge is 0.258 e. The number of aromatic amines is 1. The standard InChI is InChI=1S/C16H14N4O2/c1-22-14-8-7-12(15(21)19-16-17-10-18-20-16)9-13(14)11-5-3-2-4-6-11/h2-10H,1H3,(H2,17,18,19,20,21). The van der Waals surface area contributed by atoms with Gasteiger partial charge in [-0.3, -0.25) is 10.1 Å². The Hall–Kier alpha value is -3.15. The molecule has 22 heavy (non-hydrogen) atoms. The number of rotatable bonds is 4. The summed E-state index contributed by atoms with van der Waals surface area (Å²) in [6.45, 7) is 0. The summed E-state index contributed by atoms with van der Waals surface area (Å²) in [6.07, 6.45) is 1.33. The molecule has 1 aromatic heterocycles. The van der Waals surface area contributed by atoms with Crippen molar-refractivity contribution in [3.63, 3.8) is 0 Å². The van der Waals surface area contributed by atoms with Crippen LogP contribution in [0.3, 0.4) is 0 Å². The summed E-state index contributed by atoms with van der Waals surface area (Å²) in [7, 11) is 1.61. The molecule has 3 rings (SSSR count). The Balaban J connectivity index is 1.95. The summed E-state index contributed by atoms with van der Waals surface area (Å²) in [6, 6.07) is 15.0. The number of H-pyrrole nitrogens is 1. The Morgan fingerprint density at radius 1 is 1.18 bits per heavy atom. The Morgan fingerprint density at radius 2 is 2.00 bits per heavy atom. The van der Waals surface area contributed by atoms with Gasteiger partial charge in [-0.1, -0.05) is 30.3 Å². The number of ether oxygens (including phenoxy) is 1. The van der Waals surface area contributed by atoms with Crippen LogP contribution in [0, 0.1) is 0 Å². The molecule has 0 saturated carbocycles. The van der Waals surface area contributed by atoms with Gasteiger partial charge in [0.1, 0.15) is 12.1 Å². The van der Waals surface area contributed by atoms with E-state index in [4.69, 9.17) is 4.74 Å². The van der Waals surface area contributed by atoms with Gasteiger partial charge in [-0.05, 0) is 23.8 Å². The summed E-state index contributed by atoms with van der Waals surface area (Å²) in [5.74, 6) is 0.751. The van der Waals surface area contributed by atoms with Crippen LogP contribution in [0.25, 0.3) is 11.1 Å². The highest BCUT2D eigenvalue weighted by molar-refractivity contribution is 6.04. The number of amides is 1. The molecule has 0 unspecified atom stereocenters. The summed E-state index contributed by atoms with van der Waals surface area (Å²) >= 11 is 0. The molecule has 3 aromatic rings. The predicted molar refractivity (Wildman–Crippen MR) is 82.8 cm³/mol. The average Bonchev–Trinajstić information content (AvgIpc) is 3.08. The molecule has 0 spiro atoms. The molecular weight excluding hydrogens is 280 g/mol. The number of anilines is 1. The van der Waals surface area contributed by atoms with E-state index in [9.17, 15) is 4.79 Å². The highest BCUT2D eigenvalue weighted by atomic mass is 16.5. The largest absolute Gasteiger partial charge is 0.496 e. The molecule has 0 aliphatic heterocycles. The molecular formula is C16H14N4O2. The Bertz CT molecular complexity index is 770. The maximum atomic E-state index is 12.3. The first-order chi connectivity index (χ1) is 10.8. The third-order valence-corrected chi connectivity index (χ3v) is 3.19. The molecule has 0 atom stereocenters. The molecule has 1 amide bonds. The summed E-state index contributed by atoms with van der Waals surface area (Å²) in [5, 5.41) is 8.92. The number of nitrogens with one attached hydrogen (secondary N) is 2. The Labute approximate surface area is 127 Å². The molecule has 110 valence electrons. The zero-order chi connectivity index (χ0) is 15.4. The van der Waals surface area contributed by atoms with Crippen molar-refractivity contribution >= 4 is 11.9 Å². The average molecular weight is 294 g/mol. The number of aromatic nitrogens is 3. The fourth-order valence-electron chi connectivity index (χ4n) is 2.14. The van der Waals surface area contributed by atoms with Crippen LogP contribution in [0.5, 0.6) is 5.75 Å². The lowest BCUT2D eigenvalue weighted by molar-refractivity contribution is 0.102. The summed E-state index contributed by atoms with van der Waals surface area (Å²) in [4.78, 5) is 16.1. The number of carbonyl (C=O) groups excluding carboxylic acids is 1. The van der Waals surface area contributed by atoms with Gasteiger partial charge in [0.05, 0.1) is 7.11 Å². The van der Waals surface area contributed by atoms with Crippen molar-refractivity contribution < 1.29 is 9.53 Å². The van der Waals surface area contributed by atoms with E-state index in [1.54, 1.807) is 25.3 Å². The quantitative estimate of drug-likeness (QED) is 0.775. The van der Waals surface area contributed by atoms with E-state index >= 15 is 0 Å². The van der Waals surface area contributed by atoms with Crippen molar-refractivity contribution in [1.29, 1.82) is 0 Å². The van der Waals surface area contributed by atoms with Crippen molar-refractivity contribution in [2.75, 3.05) is 12.4 Å². The highest BCUT2D eigenvalue weighted by Crippen LogP contribution is 2.30. The van der Waals surface area contributed by atoms with Crippen LogP contribution in [0.1, 0.15) is 10.4 Å². The molecule has 6 nitrogen and oxygen atoms in total. The van der Waals surface area contributed by atoms with Crippen molar-refractivity contribution in [2.24, 2.45) is 0 Å². The van der Waals surface area contributed by atoms with Crippen LogP contribution in [-0.2, 0) is 0 Å². The van der Waals surface area contributed by atoms with Crippen LogP contribution in [0.2, 0.25) is 0 Å². The van der Waals surface area contributed by atoms with Gasteiger partial charge in [0.2, 0.25) is 5.95 Å². The van der Waals surface area contributed by atoms with Gasteiger partial charge in [-0.2, -0.15) is 10.1 Å².